The van der Waals surface area contributed by atoms with Gasteiger partial charge in [0.2, 0.25) is 0 Å². The molecule has 33 heavy (non-hydrogen) atoms. The second-order valence-corrected chi connectivity index (χ2v) is 10.9. The lowest BCUT2D eigenvalue weighted by atomic mass is 10.2. The molecule has 5 atom stereocenters. The van der Waals surface area contributed by atoms with Crippen LogP contribution in [0.3, 0.4) is 0 Å². The maximum atomic E-state index is 12.0. The number of phosphoric ester groups is 1. The maximum Gasteiger partial charge on any atom is 0.490 e. The highest BCUT2D eigenvalue weighted by Gasteiger charge is 2.44. The summed E-state index contributed by atoms with van der Waals surface area (Å²) >= 11 is 0. The molecule has 0 radical (unpaired) electrons. The van der Waals surface area contributed by atoms with Crippen LogP contribution in [-0.4, -0.2) is 63.9 Å². The second kappa shape index (κ2) is 9.44. The van der Waals surface area contributed by atoms with Crippen LogP contribution in [0.1, 0.15) is 19.6 Å². The lowest BCUT2D eigenvalue weighted by molar-refractivity contribution is -0.150. The molecule has 6 N–H and O–H groups in total. The Morgan fingerprint density at radius 3 is 2.52 bits per heavy atom. The number of carbonyl (C=O) groups excluding carboxylic acids is 1. The molecule has 1 aliphatic heterocycles. The summed E-state index contributed by atoms with van der Waals surface area (Å²) in [7, 11) is -16.6. The normalized spacial score (nSPS) is 24.9. The summed E-state index contributed by atoms with van der Waals surface area (Å²) in [6.07, 6.45) is -0.462. The van der Waals surface area contributed by atoms with E-state index in [0.717, 1.165) is 6.92 Å². The molecule has 0 saturated carbocycles. The molecular weight excluding hydrogens is 515 g/mol. The first-order valence-electron chi connectivity index (χ1n) is 8.70. The summed E-state index contributed by atoms with van der Waals surface area (Å²) in [5.74, 6) is -0.591. The largest absolute Gasteiger partial charge is 0.490 e. The topological polar surface area (TPSA) is 265 Å². The molecule has 0 aliphatic carbocycles. The number of hydrogen-bond acceptors (Lipinski definition) is 13. The zero-order chi connectivity index (χ0) is 24.6. The average Bonchev–Trinajstić information content (AvgIpc) is 3.21. The lowest BCUT2D eigenvalue weighted by Gasteiger charge is -2.20. The summed E-state index contributed by atoms with van der Waals surface area (Å²) < 4.78 is 58.3. The number of imidazole rings is 1. The third-order valence-electron chi connectivity index (χ3n) is 4.01. The van der Waals surface area contributed by atoms with E-state index in [-0.39, 0.29) is 17.8 Å². The molecular formula is C12H18N5O13P3. The summed E-state index contributed by atoms with van der Waals surface area (Å²) in [5, 5.41) is 0. The minimum atomic E-state index is -5.68. The molecule has 1 aliphatic rings. The van der Waals surface area contributed by atoms with Gasteiger partial charge in [-0.2, -0.15) is 8.62 Å². The predicted octanol–water partition coefficient (Wildman–Crippen LogP) is -0.0290. The van der Waals surface area contributed by atoms with Gasteiger partial charge in [-0.25, -0.2) is 28.6 Å². The van der Waals surface area contributed by atoms with Crippen molar-refractivity contribution in [2.75, 3.05) is 12.3 Å². The van der Waals surface area contributed by atoms with E-state index in [1.807, 2.05) is 0 Å². The molecule has 0 bridgehead atoms. The Balaban J connectivity index is 1.73. The van der Waals surface area contributed by atoms with Crippen LogP contribution in [0, 0.1) is 0 Å². The standard InChI is InChI=1S/C12H18N5O13P3/c1-6(18)27-7-2-9(17-5-16-10-11(13)14-4-15-12(10)17)28-8(7)3-26-32(22,23)30-33(24,25)29-31(19,20)21/h4-5,7-9H,2-3H2,1H3,(H,22,23)(H,24,25)(H2,13,14,15)(H2,19,20,21). The summed E-state index contributed by atoms with van der Waals surface area (Å²) in [6, 6.07) is 0. The average molecular weight is 533 g/mol. The van der Waals surface area contributed by atoms with E-state index in [1.54, 1.807) is 0 Å². The number of anilines is 1. The van der Waals surface area contributed by atoms with Crippen molar-refractivity contribution in [1.29, 1.82) is 0 Å². The molecule has 184 valence electrons. The van der Waals surface area contributed by atoms with Gasteiger partial charge in [-0.15, -0.1) is 0 Å². The Bertz CT molecular complexity index is 1180. The highest BCUT2D eigenvalue weighted by atomic mass is 31.3. The van der Waals surface area contributed by atoms with Crippen molar-refractivity contribution in [1.82, 2.24) is 19.5 Å². The number of carbonyl (C=O) groups is 1. The number of nitrogens with zero attached hydrogens (tertiary/aromatic N) is 4. The van der Waals surface area contributed by atoms with Crippen LogP contribution < -0.4 is 5.73 Å². The van der Waals surface area contributed by atoms with Crippen molar-refractivity contribution < 1.29 is 60.7 Å². The van der Waals surface area contributed by atoms with Crippen LogP contribution in [0.5, 0.6) is 0 Å². The van der Waals surface area contributed by atoms with Crippen LogP contribution in [-0.2, 0) is 41.1 Å². The van der Waals surface area contributed by atoms with E-state index < -0.39 is 54.5 Å². The van der Waals surface area contributed by atoms with Gasteiger partial charge in [0, 0.05) is 13.3 Å². The van der Waals surface area contributed by atoms with Crippen LogP contribution in [0.4, 0.5) is 5.82 Å². The molecule has 1 fully saturated rings. The molecule has 0 spiro atoms. The van der Waals surface area contributed by atoms with Gasteiger partial charge in [-0.3, -0.25) is 13.9 Å². The Morgan fingerprint density at radius 1 is 1.18 bits per heavy atom. The molecule has 1 saturated heterocycles. The number of nitrogen functional groups attached to an aromatic ring is 1. The van der Waals surface area contributed by atoms with Gasteiger partial charge in [0.1, 0.15) is 30.3 Å². The Labute approximate surface area is 184 Å². The highest BCUT2D eigenvalue weighted by molar-refractivity contribution is 7.66. The number of phosphoric acid groups is 3. The van der Waals surface area contributed by atoms with Crippen molar-refractivity contribution in [2.45, 2.75) is 31.8 Å². The molecule has 0 amide bonds. The van der Waals surface area contributed by atoms with E-state index in [9.17, 15) is 28.3 Å². The summed E-state index contributed by atoms with van der Waals surface area (Å²) in [5.41, 5.74) is 6.31. The van der Waals surface area contributed by atoms with Crippen molar-refractivity contribution in [3.05, 3.63) is 12.7 Å². The van der Waals surface area contributed by atoms with Gasteiger partial charge in [-0.05, 0) is 0 Å². The van der Waals surface area contributed by atoms with Crippen molar-refractivity contribution in [3.8, 4) is 0 Å². The van der Waals surface area contributed by atoms with Crippen LogP contribution in [0.2, 0.25) is 0 Å². The highest BCUT2D eigenvalue weighted by Crippen LogP contribution is 2.66. The molecule has 0 aromatic carbocycles. The molecule has 2 aromatic rings. The number of aromatic nitrogens is 4. The maximum absolute atomic E-state index is 12.0. The number of esters is 1. The SMILES string of the molecule is CC(=O)OC1CC(n2cnc3c(N)ncnc32)OC1COP(=O)(O)OP(=O)(O)OP(=O)(O)O. The van der Waals surface area contributed by atoms with Crippen molar-refractivity contribution >= 4 is 46.4 Å². The van der Waals surface area contributed by atoms with Crippen molar-refractivity contribution in [3.63, 3.8) is 0 Å². The monoisotopic (exact) mass is 533 g/mol. The van der Waals surface area contributed by atoms with Gasteiger partial charge in [0.15, 0.2) is 11.5 Å². The number of ether oxygens (including phenoxy) is 2. The molecule has 5 unspecified atom stereocenters. The third kappa shape index (κ3) is 6.85. The third-order valence-corrected chi connectivity index (χ3v) is 7.82. The van der Waals surface area contributed by atoms with Gasteiger partial charge in [0.05, 0.1) is 12.9 Å². The molecule has 21 heteroatoms. The van der Waals surface area contributed by atoms with Gasteiger partial charge < -0.3 is 34.8 Å². The van der Waals surface area contributed by atoms with E-state index in [4.69, 9.17) is 25.0 Å². The smallest absolute Gasteiger partial charge is 0.460 e. The molecule has 3 heterocycles. The first kappa shape index (κ1) is 25.8. The Hall–Kier alpha value is -1.81. The van der Waals surface area contributed by atoms with E-state index in [0.29, 0.717) is 5.65 Å². The zero-order valence-electron chi connectivity index (χ0n) is 16.5. The minimum Gasteiger partial charge on any atom is -0.460 e. The molecule has 2 aromatic heterocycles. The number of fused-ring (bicyclic) bond motifs is 1. The van der Waals surface area contributed by atoms with E-state index >= 15 is 0 Å². The number of nitrogens with two attached hydrogens (primary N) is 1. The minimum absolute atomic E-state index is 0.0272. The van der Waals surface area contributed by atoms with Crippen LogP contribution in [0.15, 0.2) is 12.7 Å². The van der Waals surface area contributed by atoms with E-state index in [1.165, 1.54) is 17.2 Å². The fourth-order valence-corrected chi connectivity index (χ4v) is 5.94. The molecule has 3 rings (SSSR count). The van der Waals surface area contributed by atoms with Gasteiger partial charge in [0.25, 0.3) is 0 Å². The van der Waals surface area contributed by atoms with Crippen molar-refractivity contribution in [2.24, 2.45) is 0 Å². The van der Waals surface area contributed by atoms with E-state index in [2.05, 4.69) is 28.1 Å². The van der Waals surface area contributed by atoms with Gasteiger partial charge >= 0.3 is 29.4 Å². The first-order valence-corrected chi connectivity index (χ1v) is 13.2. The quantitative estimate of drug-likeness (QED) is 0.209. The second-order valence-electron chi connectivity index (χ2n) is 6.48. The summed E-state index contributed by atoms with van der Waals surface area (Å²) in [6.45, 7) is 0.315. The zero-order valence-corrected chi connectivity index (χ0v) is 19.2. The van der Waals surface area contributed by atoms with Gasteiger partial charge in [-0.1, -0.05) is 0 Å². The summed E-state index contributed by atoms with van der Waals surface area (Å²) in [4.78, 5) is 59.4. The lowest BCUT2D eigenvalue weighted by Crippen LogP contribution is -2.30. The predicted molar refractivity (Wildman–Crippen MR) is 104 cm³/mol. The fourth-order valence-electron chi connectivity index (χ4n) is 2.91. The first-order chi connectivity index (χ1) is 15.2. The number of hydrogen-bond donors (Lipinski definition) is 5. The Morgan fingerprint density at radius 2 is 1.88 bits per heavy atom. The number of rotatable bonds is 9. The molecule has 18 nitrogen and oxygen atoms in total. The Kier molecular flexibility index (Phi) is 7.39. The van der Waals surface area contributed by atoms with Crippen LogP contribution >= 0.6 is 23.5 Å². The fraction of sp³-hybridized carbons (Fsp3) is 0.500. The van der Waals surface area contributed by atoms with Crippen LogP contribution in [0.25, 0.3) is 11.2 Å².